The quantitative estimate of drug-likeness (QED) is 0.494. The standard InChI is InChI=1S/C27H27NO3S/c1-21-12-14-22(15-13-21)20-25-27(29)28(17-19-32(25)30)16-18-31-26(23-8-4-2-5-9-23)24-10-6-3-7-11-24/h2-15,20,26H,16-19H2,1H3. The zero-order valence-electron chi connectivity index (χ0n) is 18.1. The SMILES string of the molecule is Cc1ccc(C=C2C(=O)N(CCOC(c3ccccc3)c3ccccc3)CCS2=O)cc1. The van der Waals surface area contributed by atoms with Gasteiger partial charge in [-0.1, -0.05) is 90.5 Å². The van der Waals surface area contributed by atoms with E-state index >= 15 is 0 Å². The third kappa shape index (κ3) is 5.42. The summed E-state index contributed by atoms with van der Waals surface area (Å²) in [5.74, 6) is 0.277. The molecule has 32 heavy (non-hydrogen) atoms. The fourth-order valence-electron chi connectivity index (χ4n) is 3.73. The van der Waals surface area contributed by atoms with E-state index in [0.717, 1.165) is 22.3 Å². The number of benzene rings is 3. The molecule has 1 aliphatic rings. The zero-order chi connectivity index (χ0) is 22.3. The number of nitrogens with zero attached hydrogens (tertiary/aromatic N) is 1. The van der Waals surface area contributed by atoms with Gasteiger partial charge in [0.15, 0.2) is 0 Å². The maximum Gasteiger partial charge on any atom is 0.262 e. The van der Waals surface area contributed by atoms with Crippen molar-refractivity contribution in [2.75, 3.05) is 25.4 Å². The van der Waals surface area contributed by atoms with Gasteiger partial charge >= 0.3 is 0 Å². The third-order valence-corrected chi connectivity index (χ3v) is 6.85. The van der Waals surface area contributed by atoms with Crippen molar-refractivity contribution < 1.29 is 13.7 Å². The van der Waals surface area contributed by atoms with Gasteiger partial charge in [0.25, 0.3) is 5.91 Å². The Kier molecular flexibility index (Phi) is 7.30. The Morgan fingerprint density at radius 3 is 2.12 bits per heavy atom. The van der Waals surface area contributed by atoms with Crippen molar-refractivity contribution in [1.82, 2.24) is 4.90 Å². The first-order valence-electron chi connectivity index (χ1n) is 10.8. The van der Waals surface area contributed by atoms with Gasteiger partial charge in [-0.15, -0.1) is 0 Å². The van der Waals surface area contributed by atoms with Crippen LogP contribution in [0, 0.1) is 6.92 Å². The minimum absolute atomic E-state index is 0.172. The van der Waals surface area contributed by atoms with E-state index in [1.165, 1.54) is 0 Å². The molecule has 0 aliphatic carbocycles. The van der Waals surface area contributed by atoms with Crippen molar-refractivity contribution in [3.8, 4) is 0 Å². The van der Waals surface area contributed by atoms with Gasteiger partial charge in [0.05, 0.1) is 17.4 Å². The molecule has 0 spiro atoms. The Morgan fingerprint density at radius 1 is 0.938 bits per heavy atom. The summed E-state index contributed by atoms with van der Waals surface area (Å²) in [7, 11) is -1.28. The molecule has 3 aromatic rings. The number of hydrogen-bond donors (Lipinski definition) is 0. The Bertz CT molecular complexity index is 1060. The summed E-state index contributed by atoms with van der Waals surface area (Å²) >= 11 is 0. The van der Waals surface area contributed by atoms with Gasteiger partial charge in [-0.25, -0.2) is 0 Å². The maximum absolute atomic E-state index is 13.0. The number of rotatable bonds is 7. The topological polar surface area (TPSA) is 46.6 Å². The molecule has 4 rings (SSSR count). The highest BCUT2D eigenvalue weighted by molar-refractivity contribution is 7.90. The summed E-state index contributed by atoms with van der Waals surface area (Å²) in [5, 5.41) is 0. The molecule has 0 radical (unpaired) electrons. The largest absolute Gasteiger partial charge is 0.367 e. The molecule has 1 amide bonds. The zero-order valence-corrected chi connectivity index (χ0v) is 19.0. The first-order valence-corrected chi connectivity index (χ1v) is 12.1. The number of carbonyl (C=O) groups is 1. The second kappa shape index (κ2) is 10.5. The second-order valence-corrected chi connectivity index (χ2v) is 9.37. The normalized spacial score (nSPS) is 17.8. The Morgan fingerprint density at radius 2 is 1.53 bits per heavy atom. The van der Waals surface area contributed by atoms with Crippen LogP contribution in [0.3, 0.4) is 0 Å². The highest BCUT2D eigenvalue weighted by Crippen LogP contribution is 2.26. The maximum atomic E-state index is 13.0. The second-order valence-electron chi connectivity index (χ2n) is 7.83. The molecule has 1 unspecified atom stereocenters. The first kappa shape index (κ1) is 22.2. The van der Waals surface area contributed by atoms with Crippen LogP contribution in [0.25, 0.3) is 6.08 Å². The van der Waals surface area contributed by atoms with Gasteiger partial charge in [0, 0.05) is 18.8 Å². The molecule has 4 nitrogen and oxygen atoms in total. The molecule has 1 aliphatic heterocycles. The third-order valence-electron chi connectivity index (χ3n) is 5.52. The summed E-state index contributed by atoms with van der Waals surface area (Å²) in [6.07, 6.45) is 1.55. The van der Waals surface area contributed by atoms with Crippen molar-refractivity contribution in [1.29, 1.82) is 0 Å². The molecule has 1 atom stereocenters. The van der Waals surface area contributed by atoms with E-state index in [1.807, 2.05) is 67.6 Å². The van der Waals surface area contributed by atoms with Crippen LogP contribution in [0.5, 0.6) is 0 Å². The lowest BCUT2D eigenvalue weighted by Gasteiger charge is -2.29. The van der Waals surface area contributed by atoms with Crippen molar-refractivity contribution >= 4 is 22.8 Å². The fourth-order valence-corrected chi connectivity index (χ4v) is 4.93. The molecule has 0 bridgehead atoms. The summed E-state index contributed by atoms with van der Waals surface area (Å²) < 4.78 is 18.8. The lowest BCUT2D eigenvalue weighted by Crippen LogP contribution is -2.43. The average molecular weight is 446 g/mol. The fraction of sp³-hybridized carbons (Fsp3) is 0.222. The molecule has 164 valence electrons. The van der Waals surface area contributed by atoms with Crippen LogP contribution in [0.2, 0.25) is 0 Å². The van der Waals surface area contributed by atoms with Crippen molar-refractivity contribution in [3.05, 3.63) is 112 Å². The first-order chi connectivity index (χ1) is 15.6. The predicted molar refractivity (Wildman–Crippen MR) is 129 cm³/mol. The van der Waals surface area contributed by atoms with Gasteiger partial charge in [0.2, 0.25) is 0 Å². The molecule has 1 fully saturated rings. The highest BCUT2D eigenvalue weighted by atomic mass is 32.2. The number of aryl methyl sites for hydroxylation is 1. The molecule has 3 aromatic carbocycles. The lowest BCUT2D eigenvalue weighted by molar-refractivity contribution is -0.127. The van der Waals surface area contributed by atoms with Crippen LogP contribution in [-0.2, 0) is 20.3 Å². The molecular weight excluding hydrogens is 418 g/mol. The van der Waals surface area contributed by atoms with E-state index in [-0.39, 0.29) is 12.0 Å². The van der Waals surface area contributed by atoms with Gasteiger partial charge in [-0.05, 0) is 29.7 Å². The van der Waals surface area contributed by atoms with Crippen LogP contribution in [-0.4, -0.2) is 40.5 Å². The lowest BCUT2D eigenvalue weighted by atomic mass is 10.0. The summed E-state index contributed by atoms with van der Waals surface area (Å²) in [4.78, 5) is 15.1. The van der Waals surface area contributed by atoms with E-state index < -0.39 is 10.8 Å². The van der Waals surface area contributed by atoms with Crippen molar-refractivity contribution in [2.24, 2.45) is 0 Å². The van der Waals surface area contributed by atoms with Crippen LogP contribution >= 0.6 is 0 Å². The smallest absolute Gasteiger partial charge is 0.262 e. The van der Waals surface area contributed by atoms with Crippen molar-refractivity contribution in [3.63, 3.8) is 0 Å². The summed E-state index contributed by atoms with van der Waals surface area (Å²) in [6, 6.07) is 28.0. The van der Waals surface area contributed by atoms with Crippen LogP contribution in [0.15, 0.2) is 89.8 Å². The Balaban J connectivity index is 1.45. The van der Waals surface area contributed by atoms with E-state index in [2.05, 4.69) is 24.3 Å². The molecule has 0 saturated carbocycles. The highest BCUT2D eigenvalue weighted by Gasteiger charge is 2.29. The molecular formula is C27H27NO3S. The van der Waals surface area contributed by atoms with Crippen molar-refractivity contribution in [2.45, 2.75) is 13.0 Å². The number of amides is 1. The van der Waals surface area contributed by atoms with E-state index in [1.54, 1.807) is 11.0 Å². The average Bonchev–Trinajstić information content (AvgIpc) is 2.83. The van der Waals surface area contributed by atoms with E-state index in [9.17, 15) is 9.00 Å². The minimum Gasteiger partial charge on any atom is -0.367 e. The Labute approximate surface area is 192 Å². The van der Waals surface area contributed by atoms with E-state index in [4.69, 9.17) is 4.74 Å². The summed E-state index contributed by atoms with van der Waals surface area (Å²) in [6.45, 7) is 3.34. The van der Waals surface area contributed by atoms with Gasteiger partial charge in [-0.2, -0.15) is 0 Å². The monoisotopic (exact) mass is 445 g/mol. The van der Waals surface area contributed by atoms with Crippen LogP contribution in [0.1, 0.15) is 28.4 Å². The van der Waals surface area contributed by atoms with Gasteiger partial charge < -0.3 is 9.64 Å². The van der Waals surface area contributed by atoms with Crippen LogP contribution < -0.4 is 0 Å². The molecule has 5 heteroatoms. The molecule has 1 heterocycles. The molecule has 0 N–H and O–H groups in total. The number of hydrogen-bond acceptors (Lipinski definition) is 3. The minimum atomic E-state index is -1.28. The predicted octanol–water partition coefficient (Wildman–Crippen LogP) is 4.73. The summed E-state index contributed by atoms with van der Waals surface area (Å²) in [5.41, 5.74) is 4.18. The molecule has 1 saturated heterocycles. The van der Waals surface area contributed by atoms with Crippen LogP contribution in [0.4, 0.5) is 0 Å². The Hall–Kier alpha value is -3.02. The molecule has 0 aromatic heterocycles. The van der Waals surface area contributed by atoms with Gasteiger partial charge in [-0.3, -0.25) is 9.00 Å². The number of ether oxygens (including phenoxy) is 1. The van der Waals surface area contributed by atoms with E-state index in [0.29, 0.717) is 30.4 Å². The number of carbonyl (C=O) groups excluding carboxylic acids is 1. The van der Waals surface area contributed by atoms with Gasteiger partial charge in [0.1, 0.15) is 11.0 Å².